The summed E-state index contributed by atoms with van der Waals surface area (Å²) >= 11 is 0. The first kappa shape index (κ1) is 14.9. The molecule has 1 atom stereocenters. The highest BCUT2D eigenvalue weighted by Gasteiger charge is 2.30. The van der Waals surface area contributed by atoms with Crippen LogP contribution in [-0.2, 0) is 0 Å². The summed E-state index contributed by atoms with van der Waals surface area (Å²) in [7, 11) is 1.50. The summed E-state index contributed by atoms with van der Waals surface area (Å²) in [5.74, 6) is 0.484. The minimum Gasteiger partial charge on any atom is -0.333 e. The van der Waals surface area contributed by atoms with Gasteiger partial charge in [0.15, 0.2) is 0 Å². The Labute approximate surface area is 83.1 Å². The normalized spacial score (nSPS) is 14.0. The SMILES string of the molecule is CCCC(C#N)(CC)C(C)C.CN. The first-order valence-electron chi connectivity index (χ1n) is 5.12. The molecule has 0 saturated carbocycles. The number of nitrogens with zero attached hydrogens (tertiary/aromatic N) is 1. The van der Waals surface area contributed by atoms with Crippen molar-refractivity contribution < 1.29 is 0 Å². The molecule has 0 fully saturated rings. The number of hydrogen-bond acceptors (Lipinski definition) is 2. The van der Waals surface area contributed by atoms with E-state index in [1.54, 1.807) is 0 Å². The van der Waals surface area contributed by atoms with Crippen LogP contribution in [0.15, 0.2) is 0 Å². The zero-order valence-corrected chi connectivity index (χ0v) is 9.72. The lowest BCUT2D eigenvalue weighted by atomic mass is 9.73. The van der Waals surface area contributed by atoms with Crippen molar-refractivity contribution in [3.05, 3.63) is 0 Å². The Bertz CT molecular complexity index is 147. The fraction of sp³-hybridized carbons (Fsp3) is 0.909. The molecule has 0 aliphatic heterocycles. The Kier molecular flexibility index (Phi) is 9.27. The zero-order valence-electron chi connectivity index (χ0n) is 9.72. The molecule has 0 spiro atoms. The fourth-order valence-corrected chi connectivity index (χ4v) is 1.58. The maximum Gasteiger partial charge on any atom is 0.0692 e. The highest BCUT2D eigenvalue weighted by Crippen LogP contribution is 2.35. The second-order valence-corrected chi connectivity index (χ2v) is 3.53. The van der Waals surface area contributed by atoms with Crippen LogP contribution in [0.5, 0.6) is 0 Å². The molecular formula is C11H24N2. The van der Waals surface area contributed by atoms with Gasteiger partial charge in [-0.25, -0.2) is 0 Å². The average Bonchev–Trinajstić information content (AvgIpc) is 2.17. The third kappa shape index (κ3) is 4.28. The topological polar surface area (TPSA) is 49.8 Å². The van der Waals surface area contributed by atoms with Crippen LogP contribution >= 0.6 is 0 Å². The van der Waals surface area contributed by atoms with Gasteiger partial charge in [0.25, 0.3) is 0 Å². The van der Waals surface area contributed by atoms with Gasteiger partial charge in [0.2, 0.25) is 0 Å². The molecule has 13 heavy (non-hydrogen) atoms. The maximum atomic E-state index is 9.03. The van der Waals surface area contributed by atoms with Crippen LogP contribution in [0.2, 0.25) is 0 Å². The van der Waals surface area contributed by atoms with Crippen LogP contribution in [-0.4, -0.2) is 7.05 Å². The number of nitrogens with two attached hydrogens (primary N) is 1. The Morgan fingerprint density at radius 1 is 1.31 bits per heavy atom. The monoisotopic (exact) mass is 184 g/mol. The van der Waals surface area contributed by atoms with E-state index < -0.39 is 0 Å². The minimum atomic E-state index is -0.0608. The van der Waals surface area contributed by atoms with Crippen molar-refractivity contribution in [3.63, 3.8) is 0 Å². The van der Waals surface area contributed by atoms with E-state index in [0.717, 1.165) is 19.3 Å². The standard InChI is InChI=1S/C10H19N.CH5N/c1-5-7-10(6-2,8-11)9(3)4;1-2/h9H,5-7H2,1-4H3;2H2,1H3. The van der Waals surface area contributed by atoms with Gasteiger partial charge in [0, 0.05) is 0 Å². The molecule has 0 saturated heterocycles. The van der Waals surface area contributed by atoms with Crippen LogP contribution in [0.4, 0.5) is 0 Å². The molecule has 78 valence electrons. The van der Waals surface area contributed by atoms with Crippen molar-refractivity contribution in [3.8, 4) is 6.07 Å². The van der Waals surface area contributed by atoms with Gasteiger partial charge in [-0.15, -0.1) is 0 Å². The van der Waals surface area contributed by atoms with E-state index in [4.69, 9.17) is 5.26 Å². The van der Waals surface area contributed by atoms with E-state index in [1.807, 2.05) is 0 Å². The number of rotatable bonds is 4. The number of nitriles is 1. The van der Waals surface area contributed by atoms with Crippen molar-refractivity contribution >= 4 is 0 Å². The van der Waals surface area contributed by atoms with Gasteiger partial charge in [0.1, 0.15) is 0 Å². The highest BCUT2D eigenvalue weighted by atomic mass is 14.4. The summed E-state index contributed by atoms with van der Waals surface area (Å²) in [5, 5.41) is 9.03. The van der Waals surface area contributed by atoms with Crippen molar-refractivity contribution in [1.82, 2.24) is 0 Å². The Morgan fingerprint density at radius 2 is 1.77 bits per heavy atom. The summed E-state index contributed by atoms with van der Waals surface area (Å²) in [4.78, 5) is 0. The largest absolute Gasteiger partial charge is 0.333 e. The van der Waals surface area contributed by atoms with Crippen LogP contribution in [0, 0.1) is 22.7 Å². The summed E-state index contributed by atoms with van der Waals surface area (Å²) in [6.45, 7) is 8.54. The summed E-state index contributed by atoms with van der Waals surface area (Å²) in [6, 6.07) is 2.47. The van der Waals surface area contributed by atoms with E-state index in [1.165, 1.54) is 7.05 Å². The van der Waals surface area contributed by atoms with Gasteiger partial charge in [0.05, 0.1) is 11.5 Å². The van der Waals surface area contributed by atoms with Crippen molar-refractivity contribution in [2.45, 2.75) is 47.0 Å². The van der Waals surface area contributed by atoms with Gasteiger partial charge >= 0.3 is 0 Å². The third-order valence-electron chi connectivity index (χ3n) is 2.65. The quantitative estimate of drug-likeness (QED) is 0.730. The van der Waals surface area contributed by atoms with Gasteiger partial charge in [-0.1, -0.05) is 34.1 Å². The Hall–Kier alpha value is -0.550. The van der Waals surface area contributed by atoms with E-state index in [9.17, 15) is 0 Å². The predicted molar refractivity (Wildman–Crippen MR) is 58.2 cm³/mol. The summed E-state index contributed by atoms with van der Waals surface area (Å²) in [5.41, 5.74) is 4.44. The smallest absolute Gasteiger partial charge is 0.0692 e. The minimum absolute atomic E-state index is 0.0608. The van der Waals surface area contributed by atoms with Crippen molar-refractivity contribution in [2.24, 2.45) is 17.1 Å². The molecule has 2 nitrogen and oxygen atoms in total. The Morgan fingerprint density at radius 3 is 1.85 bits per heavy atom. The first-order valence-corrected chi connectivity index (χ1v) is 5.12. The van der Waals surface area contributed by atoms with Gasteiger partial charge in [-0.2, -0.15) is 5.26 Å². The molecule has 0 aromatic carbocycles. The third-order valence-corrected chi connectivity index (χ3v) is 2.65. The van der Waals surface area contributed by atoms with Crippen molar-refractivity contribution in [1.29, 1.82) is 5.26 Å². The lowest BCUT2D eigenvalue weighted by Crippen LogP contribution is -2.24. The average molecular weight is 184 g/mol. The van der Waals surface area contributed by atoms with E-state index >= 15 is 0 Å². The fourth-order valence-electron chi connectivity index (χ4n) is 1.58. The summed E-state index contributed by atoms with van der Waals surface area (Å²) in [6.07, 6.45) is 3.13. The molecule has 0 aliphatic carbocycles. The molecule has 0 heterocycles. The van der Waals surface area contributed by atoms with Gasteiger partial charge < -0.3 is 5.73 Å². The molecule has 0 aliphatic rings. The van der Waals surface area contributed by atoms with Gasteiger partial charge in [-0.3, -0.25) is 0 Å². The first-order chi connectivity index (χ1) is 6.13. The molecule has 1 unspecified atom stereocenters. The van der Waals surface area contributed by atoms with Crippen LogP contribution in [0.25, 0.3) is 0 Å². The second kappa shape index (κ2) is 8.07. The molecular weight excluding hydrogens is 160 g/mol. The van der Waals surface area contributed by atoms with Crippen molar-refractivity contribution in [2.75, 3.05) is 7.05 Å². The molecule has 0 radical (unpaired) electrons. The highest BCUT2D eigenvalue weighted by molar-refractivity contribution is 4.99. The number of hydrogen-bond donors (Lipinski definition) is 1. The maximum absolute atomic E-state index is 9.03. The van der Waals surface area contributed by atoms with E-state index in [-0.39, 0.29) is 5.41 Å². The lowest BCUT2D eigenvalue weighted by Gasteiger charge is -2.28. The molecule has 0 bridgehead atoms. The van der Waals surface area contributed by atoms with Crippen LogP contribution in [0.1, 0.15) is 47.0 Å². The molecule has 0 amide bonds. The molecule has 0 aromatic heterocycles. The lowest BCUT2D eigenvalue weighted by molar-refractivity contribution is 0.243. The van der Waals surface area contributed by atoms with Gasteiger partial charge in [-0.05, 0) is 25.8 Å². The zero-order chi connectivity index (χ0) is 10.9. The predicted octanol–water partition coefficient (Wildman–Crippen LogP) is 2.94. The van der Waals surface area contributed by atoms with E-state index in [2.05, 4.69) is 39.5 Å². The van der Waals surface area contributed by atoms with Crippen LogP contribution in [0.3, 0.4) is 0 Å². The second-order valence-electron chi connectivity index (χ2n) is 3.53. The molecule has 2 N–H and O–H groups in total. The molecule has 0 rings (SSSR count). The molecule has 0 aromatic rings. The molecule has 2 heteroatoms. The van der Waals surface area contributed by atoms with Crippen LogP contribution < -0.4 is 5.73 Å². The van der Waals surface area contributed by atoms with E-state index in [0.29, 0.717) is 5.92 Å². The Balaban J connectivity index is 0. The summed E-state index contributed by atoms with van der Waals surface area (Å²) < 4.78 is 0.